The quantitative estimate of drug-likeness (QED) is 0.729. The van der Waals surface area contributed by atoms with Crippen molar-refractivity contribution in [2.75, 3.05) is 25.2 Å². The molecule has 1 rings (SSSR count). The first-order chi connectivity index (χ1) is 8.20. The Bertz CT molecular complexity index is 424. The standard InChI is InChI=1S/C13H16N2O2/c1-3-17-9-8-13(16)15(2)12-7-5-4-6-11(12)10-14/h4-7H,3,8-9H2,1-2H3. The Morgan fingerprint density at radius 2 is 2.18 bits per heavy atom. The predicted octanol–water partition coefficient (Wildman–Crippen LogP) is 1.95. The van der Waals surface area contributed by atoms with E-state index in [0.29, 0.717) is 30.9 Å². The van der Waals surface area contributed by atoms with E-state index in [4.69, 9.17) is 10.00 Å². The van der Waals surface area contributed by atoms with Gasteiger partial charge in [0.25, 0.3) is 0 Å². The van der Waals surface area contributed by atoms with Gasteiger partial charge >= 0.3 is 0 Å². The van der Waals surface area contributed by atoms with Gasteiger partial charge in [-0.3, -0.25) is 4.79 Å². The van der Waals surface area contributed by atoms with Crippen LogP contribution in [0.15, 0.2) is 24.3 Å². The van der Waals surface area contributed by atoms with Crippen molar-refractivity contribution in [2.45, 2.75) is 13.3 Å². The van der Waals surface area contributed by atoms with Gasteiger partial charge in [-0.25, -0.2) is 0 Å². The molecule has 0 spiro atoms. The average molecular weight is 232 g/mol. The minimum Gasteiger partial charge on any atom is -0.381 e. The zero-order valence-corrected chi connectivity index (χ0v) is 10.1. The molecule has 0 aliphatic heterocycles. The van der Waals surface area contributed by atoms with E-state index in [0.717, 1.165) is 0 Å². The molecule has 1 amide bonds. The largest absolute Gasteiger partial charge is 0.381 e. The monoisotopic (exact) mass is 232 g/mol. The summed E-state index contributed by atoms with van der Waals surface area (Å²) in [5, 5.41) is 8.95. The number of hydrogen-bond donors (Lipinski definition) is 0. The van der Waals surface area contributed by atoms with E-state index < -0.39 is 0 Å². The van der Waals surface area contributed by atoms with Gasteiger partial charge in [-0.1, -0.05) is 12.1 Å². The molecule has 0 saturated heterocycles. The van der Waals surface area contributed by atoms with Gasteiger partial charge in [-0.2, -0.15) is 5.26 Å². The number of nitriles is 1. The molecule has 1 aromatic carbocycles. The molecule has 90 valence electrons. The summed E-state index contributed by atoms with van der Waals surface area (Å²) in [6, 6.07) is 9.12. The zero-order valence-electron chi connectivity index (χ0n) is 10.1. The summed E-state index contributed by atoms with van der Waals surface area (Å²) in [6.45, 7) is 2.90. The van der Waals surface area contributed by atoms with Gasteiger partial charge in [0.05, 0.1) is 24.3 Å². The Morgan fingerprint density at radius 3 is 2.82 bits per heavy atom. The molecule has 0 aliphatic rings. The Labute approximate surface area is 101 Å². The molecule has 0 unspecified atom stereocenters. The van der Waals surface area contributed by atoms with E-state index in [-0.39, 0.29) is 5.91 Å². The van der Waals surface area contributed by atoms with Gasteiger partial charge in [0, 0.05) is 13.7 Å². The lowest BCUT2D eigenvalue weighted by Crippen LogP contribution is -2.27. The maximum absolute atomic E-state index is 11.8. The van der Waals surface area contributed by atoms with E-state index in [1.807, 2.05) is 13.0 Å². The normalized spacial score (nSPS) is 9.71. The van der Waals surface area contributed by atoms with Crippen LogP contribution < -0.4 is 4.90 Å². The second kappa shape index (κ2) is 6.66. The van der Waals surface area contributed by atoms with E-state index >= 15 is 0 Å². The van der Waals surface area contributed by atoms with Gasteiger partial charge in [-0.15, -0.1) is 0 Å². The second-order valence-corrected chi connectivity index (χ2v) is 3.53. The molecule has 0 fully saturated rings. The van der Waals surface area contributed by atoms with E-state index in [9.17, 15) is 4.79 Å². The molecule has 0 N–H and O–H groups in total. The number of hydrogen-bond acceptors (Lipinski definition) is 3. The highest BCUT2D eigenvalue weighted by Gasteiger charge is 2.13. The highest BCUT2D eigenvalue weighted by atomic mass is 16.5. The van der Waals surface area contributed by atoms with Crippen molar-refractivity contribution < 1.29 is 9.53 Å². The fourth-order valence-electron chi connectivity index (χ4n) is 1.47. The third kappa shape index (κ3) is 3.58. The molecular formula is C13H16N2O2. The van der Waals surface area contributed by atoms with Crippen molar-refractivity contribution in [3.63, 3.8) is 0 Å². The lowest BCUT2D eigenvalue weighted by molar-refractivity contribution is -0.119. The molecule has 0 radical (unpaired) electrons. The minimum atomic E-state index is -0.0545. The van der Waals surface area contributed by atoms with E-state index in [2.05, 4.69) is 6.07 Å². The SMILES string of the molecule is CCOCCC(=O)N(C)c1ccccc1C#N. The second-order valence-electron chi connectivity index (χ2n) is 3.53. The van der Waals surface area contributed by atoms with Crippen molar-refractivity contribution in [3.05, 3.63) is 29.8 Å². The van der Waals surface area contributed by atoms with Gasteiger partial charge < -0.3 is 9.64 Å². The van der Waals surface area contributed by atoms with E-state index in [1.165, 1.54) is 4.90 Å². The summed E-state index contributed by atoms with van der Waals surface area (Å²) < 4.78 is 5.13. The molecule has 0 atom stereocenters. The third-order valence-corrected chi connectivity index (χ3v) is 2.42. The predicted molar refractivity (Wildman–Crippen MR) is 65.7 cm³/mol. The third-order valence-electron chi connectivity index (χ3n) is 2.42. The summed E-state index contributed by atoms with van der Waals surface area (Å²) >= 11 is 0. The first-order valence-corrected chi connectivity index (χ1v) is 5.54. The Hall–Kier alpha value is -1.86. The van der Waals surface area contributed by atoms with Crippen LogP contribution in [0.2, 0.25) is 0 Å². The zero-order chi connectivity index (χ0) is 12.7. The maximum atomic E-state index is 11.8. The van der Waals surface area contributed by atoms with Crippen LogP contribution in [-0.4, -0.2) is 26.2 Å². The first-order valence-electron chi connectivity index (χ1n) is 5.54. The maximum Gasteiger partial charge on any atom is 0.229 e. The van der Waals surface area contributed by atoms with Crippen molar-refractivity contribution in [1.29, 1.82) is 5.26 Å². The molecule has 0 heterocycles. The van der Waals surface area contributed by atoms with Crippen LogP contribution in [0, 0.1) is 11.3 Å². The highest BCUT2D eigenvalue weighted by Crippen LogP contribution is 2.18. The summed E-state index contributed by atoms with van der Waals surface area (Å²) in [7, 11) is 1.67. The summed E-state index contributed by atoms with van der Waals surface area (Å²) in [5.74, 6) is -0.0545. The fourth-order valence-corrected chi connectivity index (χ4v) is 1.47. The van der Waals surface area contributed by atoms with Crippen LogP contribution >= 0.6 is 0 Å². The highest BCUT2D eigenvalue weighted by molar-refractivity contribution is 5.94. The molecule has 4 nitrogen and oxygen atoms in total. The number of para-hydroxylation sites is 1. The molecule has 17 heavy (non-hydrogen) atoms. The molecule has 0 aliphatic carbocycles. The van der Waals surface area contributed by atoms with Crippen molar-refractivity contribution in [1.82, 2.24) is 0 Å². The average Bonchev–Trinajstić information content (AvgIpc) is 2.38. The number of benzene rings is 1. The Balaban J connectivity index is 2.72. The summed E-state index contributed by atoms with van der Waals surface area (Å²) in [4.78, 5) is 13.3. The molecule has 4 heteroatoms. The van der Waals surface area contributed by atoms with Crippen LogP contribution in [0.5, 0.6) is 0 Å². The molecule has 1 aromatic rings. The smallest absolute Gasteiger partial charge is 0.229 e. The van der Waals surface area contributed by atoms with Gasteiger partial charge in [0.1, 0.15) is 6.07 Å². The van der Waals surface area contributed by atoms with Gasteiger partial charge in [-0.05, 0) is 19.1 Å². The number of nitrogens with zero attached hydrogens (tertiary/aromatic N) is 2. The first kappa shape index (κ1) is 13.2. The van der Waals surface area contributed by atoms with Crippen molar-refractivity contribution in [2.24, 2.45) is 0 Å². The lowest BCUT2D eigenvalue weighted by atomic mass is 10.2. The molecular weight excluding hydrogens is 216 g/mol. The lowest BCUT2D eigenvalue weighted by Gasteiger charge is -2.18. The van der Waals surface area contributed by atoms with Crippen LogP contribution in [0.4, 0.5) is 5.69 Å². The van der Waals surface area contributed by atoms with Crippen LogP contribution in [0.1, 0.15) is 18.9 Å². The van der Waals surface area contributed by atoms with Crippen LogP contribution in [-0.2, 0) is 9.53 Å². The Kier molecular flexibility index (Phi) is 5.18. The topological polar surface area (TPSA) is 53.3 Å². The number of carbonyl (C=O) groups is 1. The van der Waals surface area contributed by atoms with E-state index in [1.54, 1.807) is 25.2 Å². The van der Waals surface area contributed by atoms with Gasteiger partial charge in [0.15, 0.2) is 0 Å². The number of anilines is 1. The summed E-state index contributed by atoms with van der Waals surface area (Å²) in [6.07, 6.45) is 0.324. The van der Waals surface area contributed by atoms with Gasteiger partial charge in [0.2, 0.25) is 5.91 Å². The Morgan fingerprint density at radius 1 is 1.47 bits per heavy atom. The minimum absolute atomic E-state index is 0.0545. The molecule has 0 aromatic heterocycles. The number of rotatable bonds is 5. The van der Waals surface area contributed by atoms with Crippen molar-refractivity contribution >= 4 is 11.6 Å². The number of amides is 1. The van der Waals surface area contributed by atoms with Crippen LogP contribution in [0.25, 0.3) is 0 Å². The molecule has 0 saturated carbocycles. The van der Waals surface area contributed by atoms with Crippen molar-refractivity contribution in [3.8, 4) is 6.07 Å². The fraction of sp³-hybridized carbons (Fsp3) is 0.385. The number of ether oxygens (including phenoxy) is 1. The number of carbonyl (C=O) groups excluding carboxylic acids is 1. The molecule has 0 bridgehead atoms. The van der Waals surface area contributed by atoms with Crippen LogP contribution in [0.3, 0.4) is 0 Å². The summed E-state index contributed by atoms with van der Waals surface area (Å²) in [5.41, 5.74) is 1.14.